The van der Waals surface area contributed by atoms with Gasteiger partial charge >= 0.3 is 0 Å². The van der Waals surface area contributed by atoms with Crippen molar-refractivity contribution in [2.45, 2.75) is 13.0 Å². The van der Waals surface area contributed by atoms with Crippen LogP contribution in [0.25, 0.3) is 0 Å². The summed E-state index contributed by atoms with van der Waals surface area (Å²) in [6.45, 7) is 2.05. The monoisotopic (exact) mass is 276 g/mol. The standard InChI is InChI=1S/C11H14Cl2N2O2/c1-7(14-4-5-16)11(17)15-10-3-2-8(12)6-9(10)13/h2-3,6-7,14,16H,4-5H2,1H3,(H,15,17)/t7-/m1/s1. The first-order valence-electron chi connectivity index (χ1n) is 5.14. The summed E-state index contributed by atoms with van der Waals surface area (Å²) in [4.78, 5) is 11.7. The highest BCUT2D eigenvalue weighted by atomic mass is 35.5. The highest BCUT2D eigenvalue weighted by Crippen LogP contribution is 2.25. The van der Waals surface area contributed by atoms with Crippen LogP contribution in [-0.4, -0.2) is 30.2 Å². The molecule has 6 heteroatoms. The highest BCUT2D eigenvalue weighted by Gasteiger charge is 2.13. The van der Waals surface area contributed by atoms with E-state index in [1.807, 2.05) is 0 Å². The van der Waals surface area contributed by atoms with Gasteiger partial charge in [0.15, 0.2) is 0 Å². The molecule has 1 aromatic rings. The first-order chi connectivity index (χ1) is 8.04. The molecule has 4 nitrogen and oxygen atoms in total. The van der Waals surface area contributed by atoms with Crippen LogP contribution in [0, 0.1) is 0 Å². The van der Waals surface area contributed by atoms with Gasteiger partial charge in [-0.1, -0.05) is 23.2 Å². The third-order valence-corrected chi connectivity index (χ3v) is 2.69. The number of benzene rings is 1. The summed E-state index contributed by atoms with van der Waals surface area (Å²) in [7, 11) is 0. The molecule has 3 N–H and O–H groups in total. The van der Waals surface area contributed by atoms with E-state index in [1.165, 1.54) is 0 Å². The number of rotatable bonds is 5. The second kappa shape index (κ2) is 6.81. The van der Waals surface area contributed by atoms with Gasteiger partial charge in [0.25, 0.3) is 0 Å². The maximum atomic E-state index is 11.7. The van der Waals surface area contributed by atoms with Crippen molar-refractivity contribution in [1.29, 1.82) is 0 Å². The van der Waals surface area contributed by atoms with Gasteiger partial charge in [0.2, 0.25) is 5.91 Å². The molecule has 0 saturated heterocycles. The summed E-state index contributed by atoms with van der Waals surface area (Å²) in [5.74, 6) is -0.220. The van der Waals surface area contributed by atoms with Crippen molar-refractivity contribution in [3.8, 4) is 0 Å². The highest BCUT2D eigenvalue weighted by molar-refractivity contribution is 6.36. The molecule has 0 aliphatic rings. The lowest BCUT2D eigenvalue weighted by atomic mass is 10.2. The predicted molar refractivity (Wildman–Crippen MR) is 69.6 cm³/mol. The molecule has 0 bridgehead atoms. The summed E-state index contributed by atoms with van der Waals surface area (Å²) in [6.07, 6.45) is 0. The molecule has 94 valence electrons. The smallest absolute Gasteiger partial charge is 0.241 e. The zero-order valence-electron chi connectivity index (χ0n) is 9.34. The molecular weight excluding hydrogens is 263 g/mol. The minimum absolute atomic E-state index is 0.0146. The van der Waals surface area contributed by atoms with Crippen molar-refractivity contribution in [3.63, 3.8) is 0 Å². The van der Waals surface area contributed by atoms with Crippen molar-refractivity contribution in [2.24, 2.45) is 0 Å². The zero-order valence-corrected chi connectivity index (χ0v) is 10.8. The van der Waals surface area contributed by atoms with E-state index in [4.69, 9.17) is 28.3 Å². The summed E-state index contributed by atoms with van der Waals surface area (Å²) in [5, 5.41) is 15.1. The van der Waals surface area contributed by atoms with Gasteiger partial charge in [-0.3, -0.25) is 4.79 Å². The lowest BCUT2D eigenvalue weighted by molar-refractivity contribution is -0.117. The van der Waals surface area contributed by atoms with Crippen LogP contribution in [0.2, 0.25) is 10.0 Å². The number of aliphatic hydroxyl groups is 1. The number of hydrogen-bond acceptors (Lipinski definition) is 3. The van der Waals surface area contributed by atoms with Crippen LogP contribution in [0.15, 0.2) is 18.2 Å². The van der Waals surface area contributed by atoms with Gasteiger partial charge in [-0.25, -0.2) is 0 Å². The second-order valence-electron chi connectivity index (χ2n) is 3.51. The fraction of sp³-hybridized carbons (Fsp3) is 0.364. The fourth-order valence-corrected chi connectivity index (χ4v) is 1.66. The second-order valence-corrected chi connectivity index (χ2v) is 4.36. The van der Waals surface area contributed by atoms with E-state index in [2.05, 4.69) is 10.6 Å². The zero-order chi connectivity index (χ0) is 12.8. The number of carbonyl (C=O) groups is 1. The minimum atomic E-state index is -0.408. The number of amides is 1. The Morgan fingerprint density at radius 2 is 2.18 bits per heavy atom. The largest absolute Gasteiger partial charge is 0.395 e. The lowest BCUT2D eigenvalue weighted by Gasteiger charge is -2.14. The minimum Gasteiger partial charge on any atom is -0.395 e. The van der Waals surface area contributed by atoms with Crippen molar-refractivity contribution >= 4 is 34.8 Å². The number of aliphatic hydroxyl groups excluding tert-OH is 1. The summed E-state index contributed by atoms with van der Waals surface area (Å²) < 4.78 is 0. The fourth-order valence-electron chi connectivity index (χ4n) is 1.21. The Hall–Kier alpha value is -0.810. The first-order valence-corrected chi connectivity index (χ1v) is 5.90. The molecule has 0 heterocycles. The Morgan fingerprint density at radius 1 is 1.47 bits per heavy atom. The van der Waals surface area contributed by atoms with Crippen molar-refractivity contribution in [1.82, 2.24) is 5.32 Å². The molecule has 0 aliphatic heterocycles. The van der Waals surface area contributed by atoms with Crippen LogP contribution in [0.5, 0.6) is 0 Å². The first kappa shape index (κ1) is 14.3. The number of halogens is 2. The van der Waals surface area contributed by atoms with E-state index in [-0.39, 0.29) is 12.5 Å². The number of anilines is 1. The molecule has 17 heavy (non-hydrogen) atoms. The average Bonchev–Trinajstić information content (AvgIpc) is 2.29. The molecule has 1 amide bonds. The van der Waals surface area contributed by atoms with E-state index in [0.717, 1.165) is 0 Å². The third kappa shape index (κ3) is 4.52. The lowest BCUT2D eigenvalue weighted by Crippen LogP contribution is -2.39. The van der Waals surface area contributed by atoms with E-state index in [0.29, 0.717) is 22.3 Å². The predicted octanol–water partition coefficient (Wildman–Crippen LogP) is 1.90. The summed E-state index contributed by atoms with van der Waals surface area (Å²) >= 11 is 11.7. The molecule has 0 spiro atoms. The molecule has 0 aliphatic carbocycles. The number of nitrogens with one attached hydrogen (secondary N) is 2. The average molecular weight is 277 g/mol. The molecule has 0 fully saturated rings. The van der Waals surface area contributed by atoms with Crippen LogP contribution in [0.4, 0.5) is 5.69 Å². The van der Waals surface area contributed by atoms with E-state index in [1.54, 1.807) is 25.1 Å². The van der Waals surface area contributed by atoms with Crippen molar-refractivity contribution in [3.05, 3.63) is 28.2 Å². The molecule has 0 radical (unpaired) electrons. The number of carbonyl (C=O) groups excluding carboxylic acids is 1. The Balaban J connectivity index is 2.61. The summed E-state index contributed by atoms with van der Waals surface area (Å²) in [6, 6.07) is 4.44. The Labute approximate surface area is 110 Å². The van der Waals surface area contributed by atoms with Crippen LogP contribution < -0.4 is 10.6 Å². The van der Waals surface area contributed by atoms with E-state index in [9.17, 15) is 4.79 Å². The molecule has 0 aromatic heterocycles. The van der Waals surface area contributed by atoms with Crippen LogP contribution in [0.3, 0.4) is 0 Å². The van der Waals surface area contributed by atoms with Gasteiger partial charge in [0.1, 0.15) is 0 Å². The maximum absolute atomic E-state index is 11.7. The van der Waals surface area contributed by atoms with Gasteiger partial charge in [-0.2, -0.15) is 0 Å². The quantitative estimate of drug-likeness (QED) is 0.770. The molecule has 1 atom stereocenters. The van der Waals surface area contributed by atoms with Crippen LogP contribution in [-0.2, 0) is 4.79 Å². The van der Waals surface area contributed by atoms with Gasteiger partial charge in [-0.05, 0) is 25.1 Å². The normalized spacial score (nSPS) is 12.2. The molecule has 0 saturated carbocycles. The number of hydrogen-bond donors (Lipinski definition) is 3. The SMILES string of the molecule is C[C@@H](NCCO)C(=O)Nc1ccc(Cl)cc1Cl. The van der Waals surface area contributed by atoms with E-state index >= 15 is 0 Å². The van der Waals surface area contributed by atoms with Gasteiger partial charge < -0.3 is 15.7 Å². The molecular formula is C11H14Cl2N2O2. The van der Waals surface area contributed by atoms with Crippen LogP contribution in [0.1, 0.15) is 6.92 Å². The van der Waals surface area contributed by atoms with Gasteiger partial charge in [0, 0.05) is 11.6 Å². The van der Waals surface area contributed by atoms with Gasteiger partial charge in [-0.15, -0.1) is 0 Å². The molecule has 1 aromatic carbocycles. The Morgan fingerprint density at radius 3 is 2.76 bits per heavy atom. The molecule has 0 unspecified atom stereocenters. The van der Waals surface area contributed by atoms with Crippen molar-refractivity contribution < 1.29 is 9.90 Å². The topological polar surface area (TPSA) is 61.4 Å². The summed E-state index contributed by atoms with van der Waals surface area (Å²) in [5.41, 5.74) is 0.513. The third-order valence-electron chi connectivity index (χ3n) is 2.14. The maximum Gasteiger partial charge on any atom is 0.241 e. The van der Waals surface area contributed by atoms with E-state index < -0.39 is 6.04 Å². The van der Waals surface area contributed by atoms with Crippen LogP contribution >= 0.6 is 23.2 Å². The van der Waals surface area contributed by atoms with Crippen molar-refractivity contribution in [2.75, 3.05) is 18.5 Å². The Kier molecular flexibility index (Phi) is 5.71. The Bertz CT molecular complexity index is 399. The molecule has 1 rings (SSSR count). The van der Waals surface area contributed by atoms with Gasteiger partial charge in [0.05, 0.1) is 23.4 Å².